The third-order valence-electron chi connectivity index (χ3n) is 5.06. The Morgan fingerprint density at radius 3 is 2.64 bits per heavy atom. The standard InChI is InChI=1S/C22H16ClNO4/c1-11-8-18-14(9-16(11)23)15(10-19(25)27-18)21-20(24-22(26)12-6-7-12)13-4-2-3-5-17(13)28-21/h2-5,8-10,12H,6-7H2,1H3,(H,24,26). The second-order valence-corrected chi connectivity index (χ2v) is 7.55. The zero-order valence-corrected chi connectivity index (χ0v) is 15.8. The molecule has 1 amide bonds. The molecule has 1 aliphatic rings. The number of rotatable bonds is 3. The number of fused-ring (bicyclic) bond motifs is 2. The second kappa shape index (κ2) is 6.24. The lowest BCUT2D eigenvalue weighted by Gasteiger charge is -2.09. The highest BCUT2D eigenvalue weighted by Gasteiger charge is 2.31. The lowest BCUT2D eigenvalue weighted by Crippen LogP contribution is -2.13. The van der Waals surface area contributed by atoms with E-state index in [1.54, 1.807) is 12.1 Å². The topological polar surface area (TPSA) is 72.5 Å². The number of amides is 1. The van der Waals surface area contributed by atoms with Gasteiger partial charge in [0.25, 0.3) is 0 Å². The van der Waals surface area contributed by atoms with Gasteiger partial charge in [0, 0.05) is 33.3 Å². The highest BCUT2D eigenvalue weighted by molar-refractivity contribution is 6.32. The van der Waals surface area contributed by atoms with Crippen LogP contribution in [0.3, 0.4) is 0 Å². The van der Waals surface area contributed by atoms with Crippen molar-refractivity contribution in [3.63, 3.8) is 0 Å². The van der Waals surface area contributed by atoms with Crippen LogP contribution in [0.2, 0.25) is 5.02 Å². The molecule has 5 rings (SSSR count). The van der Waals surface area contributed by atoms with E-state index in [0.717, 1.165) is 23.8 Å². The van der Waals surface area contributed by atoms with Crippen molar-refractivity contribution in [2.24, 2.45) is 5.92 Å². The number of carbonyl (C=O) groups excluding carboxylic acids is 1. The van der Waals surface area contributed by atoms with Crippen LogP contribution < -0.4 is 10.9 Å². The van der Waals surface area contributed by atoms with Gasteiger partial charge in [-0.1, -0.05) is 23.7 Å². The van der Waals surface area contributed by atoms with E-state index in [4.69, 9.17) is 20.4 Å². The van der Waals surface area contributed by atoms with Crippen LogP contribution >= 0.6 is 11.6 Å². The zero-order valence-electron chi connectivity index (χ0n) is 15.0. The van der Waals surface area contributed by atoms with Gasteiger partial charge in [-0.05, 0) is 49.6 Å². The fourth-order valence-corrected chi connectivity index (χ4v) is 3.56. The first-order valence-electron chi connectivity index (χ1n) is 9.08. The number of para-hydroxylation sites is 1. The van der Waals surface area contributed by atoms with E-state index in [1.807, 2.05) is 31.2 Å². The van der Waals surface area contributed by atoms with Gasteiger partial charge in [0.2, 0.25) is 5.91 Å². The summed E-state index contributed by atoms with van der Waals surface area (Å²) in [5, 5.41) is 5.00. The predicted molar refractivity (Wildman–Crippen MR) is 109 cm³/mol. The molecular formula is C22H16ClNO4. The number of aryl methyl sites for hydroxylation is 1. The number of nitrogens with one attached hydrogen (secondary N) is 1. The molecule has 1 saturated carbocycles. The number of anilines is 1. The third kappa shape index (κ3) is 2.79. The smallest absolute Gasteiger partial charge is 0.336 e. The summed E-state index contributed by atoms with van der Waals surface area (Å²) >= 11 is 6.32. The van der Waals surface area contributed by atoms with Gasteiger partial charge in [0.15, 0.2) is 5.76 Å². The number of hydrogen-bond acceptors (Lipinski definition) is 4. The molecule has 0 aliphatic heterocycles. The van der Waals surface area contributed by atoms with Crippen LogP contribution in [0.4, 0.5) is 5.69 Å². The summed E-state index contributed by atoms with van der Waals surface area (Å²) in [4.78, 5) is 24.7. The maximum Gasteiger partial charge on any atom is 0.336 e. The van der Waals surface area contributed by atoms with E-state index in [-0.39, 0.29) is 11.8 Å². The molecular weight excluding hydrogens is 378 g/mol. The van der Waals surface area contributed by atoms with Gasteiger partial charge in [-0.15, -0.1) is 0 Å². The molecule has 140 valence electrons. The minimum absolute atomic E-state index is 0.0334. The second-order valence-electron chi connectivity index (χ2n) is 7.14. The van der Waals surface area contributed by atoms with E-state index < -0.39 is 5.63 Å². The van der Waals surface area contributed by atoms with Crippen molar-refractivity contribution in [3.8, 4) is 11.3 Å². The number of benzene rings is 2. The van der Waals surface area contributed by atoms with Crippen molar-refractivity contribution in [3.05, 3.63) is 63.5 Å². The Kier molecular flexibility index (Phi) is 3.81. The Morgan fingerprint density at radius 2 is 1.86 bits per heavy atom. The van der Waals surface area contributed by atoms with Gasteiger partial charge >= 0.3 is 5.63 Å². The molecule has 0 atom stereocenters. The SMILES string of the molecule is Cc1cc2oc(=O)cc(-c3oc4ccccc4c3NC(=O)C3CC3)c2cc1Cl. The Balaban J connectivity index is 1.80. The minimum atomic E-state index is -0.496. The third-order valence-corrected chi connectivity index (χ3v) is 5.47. The van der Waals surface area contributed by atoms with E-state index in [2.05, 4.69) is 5.32 Å². The summed E-state index contributed by atoms with van der Waals surface area (Å²) in [6.07, 6.45) is 1.79. The molecule has 0 saturated heterocycles. The highest BCUT2D eigenvalue weighted by Crippen LogP contribution is 2.42. The summed E-state index contributed by atoms with van der Waals surface area (Å²) in [5.74, 6) is 0.429. The Hall–Kier alpha value is -3.05. The maximum absolute atomic E-state index is 12.5. The van der Waals surface area contributed by atoms with Gasteiger partial charge in [-0.3, -0.25) is 4.79 Å². The molecule has 0 spiro atoms. The van der Waals surface area contributed by atoms with Crippen LogP contribution in [-0.4, -0.2) is 5.91 Å². The van der Waals surface area contributed by atoms with Crippen LogP contribution in [0.15, 0.2) is 56.1 Å². The lowest BCUT2D eigenvalue weighted by molar-refractivity contribution is -0.117. The first-order chi connectivity index (χ1) is 13.5. The molecule has 5 nitrogen and oxygen atoms in total. The van der Waals surface area contributed by atoms with Gasteiger partial charge in [0.1, 0.15) is 11.2 Å². The average Bonchev–Trinajstić information content (AvgIpc) is 3.46. The Morgan fingerprint density at radius 1 is 1.07 bits per heavy atom. The van der Waals surface area contributed by atoms with Crippen molar-refractivity contribution in [2.75, 3.05) is 5.32 Å². The monoisotopic (exact) mass is 393 g/mol. The van der Waals surface area contributed by atoms with E-state index in [0.29, 0.717) is 38.6 Å². The molecule has 6 heteroatoms. The molecule has 1 N–H and O–H groups in total. The molecule has 2 aromatic carbocycles. The predicted octanol–water partition coefficient (Wildman–Crippen LogP) is 5.52. The molecule has 28 heavy (non-hydrogen) atoms. The minimum Gasteiger partial charge on any atom is -0.454 e. The van der Waals surface area contributed by atoms with Gasteiger partial charge in [-0.25, -0.2) is 4.79 Å². The fourth-order valence-electron chi connectivity index (χ4n) is 3.40. The average molecular weight is 394 g/mol. The lowest BCUT2D eigenvalue weighted by atomic mass is 10.0. The van der Waals surface area contributed by atoms with Crippen LogP contribution in [-0.2, 0) is 4.79 Å². The van der Waals surface area contributed by atoms with Crippen molar-refractivity contribution in [1.82, 2.24) is 0 Å². The van der Waals surface area contributed by atoms with Gasteiger partial charge in [0.05, 0.1) is 5.69 Å². The summed E-state index contributed by atoms with van der Waals surface area (Å²) in [6, 6.07) is 12.3. The van der Waals surface area contributed by atoms with Crippen molar-refractivity contribution >= 4 is 45.1 Å². The number of furan rings is 1. The molecule has 1 aliphatic carbocycles. The van der Waals surface area contributed by atoms with Gasteiger partial charge < -0.3 is 14.2 Å². The van der Waals surface area contributed by atoms with E-state index in [1.165, 1.54) is 6.07 Å². The summed E-state index contributed by atoms with van der Waals surface area (Å²) in [6.45, 7) is 1.84. The fraction of sp³-hybridized carbons (Fsp3) is 0.182. The first-order valence-corrected chi connectivity index (χ1v) is 9.46. The quantitative estimate of drug-likeness (QED) is 0.465. The number of halogens is 1. The van der Waals surface area contributed by atoms with E-state index in [9.17, 15) is 9.59 Å². The van der Waals surface area contributed by atoms with Crippen molar-refractivity contribution < 1.29 is 13.6 Å². The molecule has 2 aromatic heterocycles. The summed E-state index contributed by atoms with van der Waals surface area (Å²) < 4.78 is 11.4. The molecule has 1 fully saturated rings. The molecule has 2 heterocycles. The van der Waals surface area contributed by atoms with Crippen molar-refractivity contribution in [2.45, 2.75) is 19.8 Å². The Bertz CT molecular complexity index is 1310. The van der Waals surface area contributed by atoms with E-state index >= 15 is 0 Å². The maximum atomic E-state index is 12.5. The van der Waals surface area contributed by atoms with Gasteiger partial charge in [-0.2, -0.15) is 0 Å². The molecule has 0 unspecified atom stereocenters. The summed E-state index contributed by atoms with van der Waals surface area (Å²) in [5.41, 5.74) is 2.46. The van der Waals surface area contributed by atoms with Crippen LogP contribution in [0.25, 0.3) is 33.3 Å². The van der Waals surface area contributed by atoms with Crippen LogP contribution in [0.1, 0.15) is 18.4 Å². The van der Waals surface area contributed by atoms with Crippen LogP contribution in [0.5, 0.6) is 0 Å². The summed E-state index contributed by atoms with van der Waals surface area (Å²) in [7, 11) is 0. The van der Waals surface area contributed by atoms with Crippen LogP contribution in [0, 0.1) is 12.8 Å². The molecule has 0 radical (unpaired) electrons. The normalized spacial score (nSPS) is 13.9. The highest BCUT2D eigenvalue weighted by atomic mass is 35.5. The molecule has 0 bridgehead atoms. The molecule has 4 aromatic rings. The van der Waals surface area contributed by atoms with Crippen molar-refractivity contribution in [1.29, 1.82) is 0 Å². The number of hydrogen-bond donors (Lipinski definition) is 1. The number of carbonyl (C=O) groups is 1. The Labute approximate surface area is 164 Å². The largest absolute Gasteiger partial charge is 0.454 e. The zero-order chi connectivity index (χ0) is 19.4. The first kappa shape index (κ1) is 17.1.